The lowest BCUT2D eigenvalue weighted by atomic mass is 9.80. The van der Waals surface area contributed by atoms with E-state index in [2.05, 4.69) is 21.3 Å². The quantitative estimate of drug-likeness (QED) is 0.0583. The van der Waals surface area contributed by atoms with Crippen molar-refractivity contribution < 1.29 is 23.6 Å². The summed E-state index contributed by atoms with van der Waals surface area (Å²) in [4.78, 5) is 66.4. The summed E-state index contributed by atoms with van der Waals surface area (Å²) in [5.41, 5.74) is 11.9. The van der Waals surface area contributed by atoms with Crippen molar-refractivity contribution in [1.82, 2.24) is 21.3 Å². The molecular weight excluding hydrogens is 602 g/mol. The summed E-state index contributed by atoms with van der Waals surface area (Å²) in [6, 6.07) is 13.6. The molecule has 1 heterocycles. The van der Waals surface area contributed by atoms with Gasteiger partial charge in [-0.25, -0.2) is 0 Å². The molecule has 4 rings (SSSR count). The van der Waals surface area contributed by atoms with Crippen LogP contribution >= 0.6 is 0 Å². The molecule has 0 saturated heterocycles. The highest BCUT2D eigenvalue weighted by Gasteiger charge is 2.36. The molecule has 9 N–H and O–H groups in total. The van der Waals surface area contributed by atoms with Crippen molar-refractivity contribution in [3.8, 4) is 0 Å². The Morgan fingerprint density at radius 1 is 0.936 bits per heavy atom. The van der Waals surface area contributed by atoms with E-state index in [0.717, 1.165) is 18.4 Å². The van der Waals surface area contributed by atoms with Gasteiger partial charge in [0, 0.05) is 31.0 Å². The van der Waals surface area contributed by atoms with Crippen LogP contribution in [-0.4, -0.2) is 60.2 Å². The molecule has 1 aliphatic rings. The first-order valence-electron chi connectivity index (χ1n) is 15.9. The molecule has 47 heavy (non-hydrogen) atoms. The number of hydrogen-bond acceptors (Lipinski definition) is 8. The summed E-state index contributed by atoms with van der Waals surface area (Å²) in [6.07, 6.45) is 3.32. The predicted octanol–water partition coefficient (Wildman–Crippen LogP) is 1.47. The Morgan fingerprint density at radius 2 is 1.62 bits per heavy atom. The van der Waals surface area contributed by atoms with Crippen molar-refractivity contribution in [2.75, 3.05) is 6.54 Å². The fourth-order valence-corrected chi connectivity index (χ4v) is 5.74. The molecule has 250 valence electrons. The number of Topliss-reactive ketones (excluding diaryl/α,β-unsaturated/α-hetero) is 1. The maximum Gasteiger partial charge on any atom is 0.243 e. The van der Waals surface area contributed by atoms with E-state index in [0.29, 0.717) is 36.8 Å². The average molecular weight is 646 g/mol. The molecule has 2 unspecified atom stereocenters. The number of guanidine groups is 1. The summed E-state index contributed by atoms with van der Waals surface area (Å²) in [7, 11) is 0. The second kappa shape index (κ2) is 16.5. The Kier molecular flexibility index (Phi) is 12.2. The fourth-order valence-electron chi connectivity index (χ4n) is 5.74. The molecule has 0 aliphatic heterocycles. The molecule has 5 atom stereocenters. The van der Waals surface area contributed by atoms with Crippen molar-refractivity contribution in [2.24, 2.45) is 17.4 Å². The lowest BCUT2D eigenvalue weighted by molar-refractivity contribution is -0.132. The molecular formula is C34H43N7O6. The molecule has 1 fully saturated rings. The van der Waals surface area contributed by atoms with Gasteiger partial charge in [0.05, 0.1) is 11.4 Å². The largest absolute Gasteiger partial charge is 0.453 e. The number of ketones is 1. The number of hydrogen-bond donors (Lipinski definition) is 7. The molecule has 13 heteroatoms. The standard InChI is InChI=1S/C34H43N7O6/c1-20(35)31(44)40-25(15-9-17-38-34(36)37)32(45)41-26(18-21-10-3-2-4-11-21)33(46)39-24-14-7-5-12-22(24)30(43)29-19-27(42)23-13-6-8-16-28(23)47-29/h2-4,6,8,10-11,13,16,19-20,22,24-26H,5,7,9,12,14-15,17-18,35H2,1H3,(H,39,46)(H,40,44)(H,41,45)(H4,36,37,38)/t20-,22?,24?,25-,26-/m0/s1. The number of amides is 3. The monoisotopic (exact) mass is 645 g/mol. The number of fused-ring (bicyclic) bond motifs is 1. The Labute approximate surface area is 272 Å². The molecule has 0 bridgehead atoms. The topological polar surface area (TPSA) is 222 Å². The summed E-state index contributed by atoms with van der Waals surface area (Å²) >= 11 is 0. The van der Waals surface area contributed by atoms with Crippen molar-refractivity contribution in [3.63, 3.8) is 0 Å². The van der Waals surface area contributed by atoms with Gasteiger partial charge in [0.1, 0.15) is 17.7 Å². The predicted molar refractivity (Wildman–Crippen MR) is 178 cm³/mol. The highest BCUT2D eigenvalue weighted by Crippen LogP contribution is 2.28. The first-order valence-corrected chi connectivity index (χ1v) is 15.9. The lowest BCUT2D eigenvalue weighted by Gasteiger charge is -2.32. The van der Waals surface area contributed by atoms with Crippen LogP contribution in [0.4, 0.5) is 0 Å². The molecule has 13 nitrogen and oxygen atoms in total. The summed E-state index contributed by atoms with van der Waals surface area (Å²) in [5.74, 6) is -2.85. The molecule has 1 aliphatic carbocycles. The minimum atomic E-state index is -1.04. The zero-order valence-corrected chi connectivity index (χ0v) is 26.4. The van der Waals surface area contributed by atoms with Crippen LogP contribution in [0.2, 0.25) is 0 Å². The fraction of sp³-hybridized carbons (Fsp3) is 0.412. The molecule has 0 radical (unpaired) electrons. The Morgan fingerprint density at radius 3 is 2.34 bits per heavy atom. The van der Waals surface area contributed by atoms with Gasteiger partial charge >= 0.3 is 0 Å². The van der Waals surface area contributed by atoms with Gasteiger partial charge < -0.3 is 37.2 Å². The van der Waals surface area contributed by atoms with Crippen molar-refractivity contribution >= 4 is 40.4 Å². The zero-order chi connectivity index (χ0) is 33.9. The third-order valence-corrected chi connectivity index (χ3v) is 8.26. The number of para-hydroxylation sites is 1. The molecule has 1 saturated carbocycles. The van der Waals surface area contributed by atoms with E-state index in [1.807, 2.05) is 30.3 Å². The summed E-state index contributed by atoms with van der Waals surface area (Å²) in [6.45, 7) is 1.80. The third-order valence-electron chi connectivity index (χ3n) is 8.26. The SMILES string of the molecule is C[C@H](N)C(=O)N[C@@H](CCCNC(=N)N)C(=O)N[C@@H](Cc1ccccc1)C(=O)NC1CCCCC1C(=O)c1cc(=O)c2ccccc2o1. The Balaban J connectivity index is 1.54. The third kappa shape index (κ3) is 9.72. The smallest absolute Gasteiger partial charge is 0.243 e. The van der Waals surface area contributed by atoms with Gasteiger partial charge in [-0.1, -0.05) is 55.3 Å². The number of carbonyl (C=O) groups excluding carboxylic acids is 4. The van der Waals surface area contributed by atoms with Crippen LogP contribution in [0.3, 0.4) is 0 Å². The van der Waals surface area contributed by atoms with Crippen molar-refractivity contribution in [2.45, 2.75) is 76.0 Å². The molecule has 3 amide bonds. The second-order valence-electron chi connectivity index (χ2n) is 11.9. The first kappa shape index (κ1) is 34.8. The molecule has 0 spiro atoms. The van der Waals surface area contributed by atoms with E-state index in [4.69, 9.17) is 21.3 Å². The van der Waals surface area contributed by atoms with E-state index in [1.165, 1.54) is 13.0 Å². The minimum Gasteiger partial charge on any atom is -0.453 e. The van der Waals surface area contributed by atoms with Crippen molar-refractivity contribution in [1.29, 1.82) is 5.41 Å². The number of carbonyl (C=O) groups is 4. The van der Waals surface area contributed by atoms with Crippen molar-refractivity contribution in [3.05, 3.63) is 82.2 Å². The van der Waals surface area contributed by atoms with Crippen LogP contribution in [0.15, 0.2) is 69.9 Å². The number of benzene rings is 2. The van der Waals surface area contributed by atoms with Crippen LogP contribution in [-0.2, 0) is 20.8 Å². The lowest BCUT2D eigenvalue weighted by Crippen LogP contribution is -2.58. The van der Waals surface area contributed by atoms with Gasteiger partial charge in [0.15, 0.2) is 17.1 Å². The van der Waals surface area contributed by atoms with E-state index in [9.17, 15) is 24.0 Å². The first-order chi connectivity index (χ1) is 22.5. The number of rotatable bonds is 14. The zero-order valence-electron chi connectivity index (χ0n) is 26.4. The molecule has 1 aromatic heterocycles. The highest BCUT2D eigenvalue weighted by molar-refractivity contribution is 5.98. The summed E-state index contributed by atoms with van der Waals surface area (Å²) in [5, 5.41) is 18.9. The second-order valence-corrected chi connectivity index (χ2v) is 11.9. The van der Waals surface area contributed by atoms with Gasteiger partial charge in [-0.05, 0) is 50.3 Å². The highest BCUT2D eigenvalue weighted by atomic mass is 16.3. The average Bonchev–Trinajstić information content (AvgIpc) is 3.05. The van der Waals surface area contributed by atoms with Crippen LogP contribution in [0.25, 0.3) is 11.0 Å². The van der Waals surface area contributed by atoms with Gasteiger partial charge in [0.2, 0.25) is 23.5 Å². The molecule has 2 aromatic carbocycles. The van der Waals surface area contributed by atoms with Crippen LogP contribution < -0.4 is 38.2 Å². The summed E-state index contributed by atoms with van der Waals surface area (Å²) < 4.78 is 5.83. The Bertz CT molecular complexity index is 1640. The van der Waals surface area contributed by atoms with E-state index < -0.39 is 47.8 Å². The van der Waals surface area contributed by atoms with Gasteiger partial charge in [-0.15, -0.1) is 0 Å². The van der Waals surface area contributed by atoms with E-state index >= 15 is 0 Å². The maximum atomic E-state index is 13.9. The minimum absolute atomic E-state index is 0.0547. The van der Waals surface area contributed by atoms with Gasteiger partial charge in [-0.3, -0.25) is 29.4 Å². The van der Waals surface area contributed by atoms with E-state index in [1.54, 1.807) is 24.3 Å². The van der Waals surface area contributed by atoms with Gasteiger partial charge in [-0.2, -0.15) is 0 Å². The Hall–Kier alpha value is -5.04. The van der Waals surface area contributed by atoms with Crippen LogP contribution in [0.1, 0.15) is 61.6 Å². The number of nitrogens with one attached hydrogen (secondary N) is 5. The normalized spacial score (nSPS) is 17.9. The molecule has 3 aromatic rings. The maximum absolute atomic E-state index is 13.9. The van der Waals surface area contributed by atoms with Crippen LogP contribution in [0, 0.1) is 11.3 Å². The van der Waals surface area contributed by atoms with Gasteiger partial charge in [0.25, 0.3) is 0 Å². The van der Waals surface area contributed by atoms with E-state index in [-0.39, 0.29) is 35.8 Å². The number of nitrogens with two attached hydrogens (primary N) is 2. The van der Waals surface area contributed by atoms with Crippen LogP contribution in [0.5, 0.6) is 0 Å².